The first kappa shape index (κ1) is 16.3. The summed E-state index contributed by atoms with van der Waals surface area (Å²) in [7, 11) is 0. The summed E-state index contributed by atoms with van der Waals surface area (Å²) in [4.78, 5) is 12.1. The maximum Gasteiger partial charge on any atom is 0.225 e. The number of amides is 1. The molecular formula is C18H25N3O. The molecule has 1 heterocycles. The van der Waals surface area contributed by atoms with E-state index in [4.69, 9.17) is 0 Å². The van der Waals surface area contributed by atoms with E-state index in [1.54, 1.807) is 6.20 Å². The van der Waals surface area contributed by atoms with Gasteiger partial charge in [-0.25, -0.2) is 4.68 Å². The molecule has 22 heavy (non-hydrogen) atoms. The predicted molar refractivity (Wildman–Crippen MR) is 89.8 cm³/mol. The molecule has 0 aliphatic rings. The van der Waals surface area contributed by atoms with Gasteiger partial charge in [-0.05, 0) is 29.9 Å². The van der Waals surface area contributed by atoms with Crippen molar-refractivity contribution >= 4 is 11.7 Å². The number of nitrogens with zero attached hydrogens (tertiary/aromatic N) is 2. The van der Waals surface area contributed by atoms with E-state index in [1.807, 2.05) is 10.7 Å². The largest absolute Gasteiger partial charge is 0.311 e. The molecule has 118 valence electrons. The Balaban J connectivity index is 1.86. The zero-order chi connectivity index (χ0) is 15.9. The molecule has 0 fully saturated rings. The minimum absolute atomic E-state index is 0.0325. The average Bonchev–Trinajstić information content (AvgIpc) is 2.92. The molecule has 4 heteroatoms. The lowest BCUT2D eigenvalue weighted by atomic mass is 10.1. The normalized spacial score (nSPS) is 10.9. The highest BCUT2D eigenvalue weighted by Gasteiger charge is 2.08. The molecule has 0 radical (unpaired) electrons. The smallest absolute Gasteiger partial charge is 0.225 e. The van der Waals surface area contributed by atoms with Gasteiger partial charge in [0.2, 0.25) is 5.91 Å². The van der Waals surface area contributed by atoms with Crippen LogP contribution in [0.1, 0.15) is 38.3 Å². The Morgan fingerprint density at radius 2 is 1.86 bits per heavy atom. The maximum absolute atomic E-state index is 12.1. The molecule has 0 saturated carbocycles. The Morgan fingerprint density at radius 3 is 2.50 bits per heavy atom. The lowest BCUT2D eigenvalue weighted by Gasteiger charge is -2.11. The Hall–Kier alpha value is -2.10. The van der Waals surface area contributed by atoms with Gasteiger partial charge in [-0.2, -0.15) is 5.10 Å². The first-order valence-corrected chi connectivity index (χ1v) is 7.98. The van der Waals surface area contributed by atoms with Crippen LogP contribution in [0.2, 0.25) is 0 Å². The second kappa shape index (κ2) is 7.78. The van der Waals surface area contributed by atoms with E-state index in [9.17, 15) is 4.79 Å². The Kier molecular flexibility index (Phi) is 5.75. The van der Waals surface area contributed by atoms with Gasteiger partial charge in [0.15, 0.2) is 0 Å². The first-order chi connectivity index (χ1) is 10.6. The van der Waals surface area contributed by atoms with E-state index < -0.39 is 0 Å². The first-order valence-electron chi connectivity index (χ1n) is 7.98. The van der Waals surface area contributed by atoms with Crippen LogP contribution >= 0.6 is 0 Å². The zero-order valence-corrected chi connectivity index (χ0v) is 13.7. The van der Waals surface area contributed by atoms with Gasteiger partial charge in [-0.15, -0.1) is 0 Å². The van der Waals surface area contributed by atoms with Gasteiger partial charge in [0.05, 0.1) is 6.20 Å². The number of nitrogens with one attached hydrogen (secondary N) is 1. The van der Waals surface area contributed by atoms with Crippen LogP contribution < -0.4 is 5.32 Å². The molecule has 2 rings (SSSR count). The average molecular weight is 299 g/mol. The zero-order valence-electron chi connectivity index (χ0n) is 13.7. The quantitative estimate of drug-likeness (QED) is 0.848. The number of carbonyl (C=O) groups is 1. The van der Waals surface area contributed by atoms with Crippen molar-refractivity contribution < 1.29 is 4.79 Å². The summed E-state index contributed by atoms with van der Waals surface area (Å²) in [5.74, 6) is 1.30. The van der Waals surface area contributed by atoms with E-state index in [-0.39, 0.29) is 5.91 Å². The molecule has 1 aromatic carbocycles. The molecule has 0 bridgehead atoms. The fourth-order valence-electron chi connectivity index (χ4n) is 2.34. The summed E-state index contributed by atoms with van der Waals surface area (Å²) >= 11 is 0. The molecule has 0 unspecified atom stereocenters. The van der Waals surface area contributed by atoms with Crippen LogP contribution in [-0.4, -0.2) is 15.7 Å². The van der Waals surface area contributed by atoms with Gasteiger partial charge >= 0.3 is 0 Å². The molecule has 0 atom stereocenters. The fourth-order valence-corrected chi connectivity index (χ4v) is 2.34. The molecule has 0 aliphatic heterocycles. The second-order valence-corrected chi connectivity index (χ2v) is 6.01. The van der Waals surface area contributed by atoms with E-state index in [0.717, 1.165) is 25.2 Å². The van der Waals surface area contributed by atoms with Crippen LogP contribution in [-0.2, 0) is 24.2 Å². The Bertz CT molecular complexity index is 599. The van der Waals surface area contributed by atoms with Crippen molar-refractivity contribution in [2.45, 2.75) is 46.6 Å². The third-order valence-corrected chi connectivity index (χ3v) is 3.59. The molecule has 0 spiro atoms. The van der Waals surface area contributed by atoms with Crippen LogP contribution in [0, 0.1) is 5.92 Å². The van der Waals surface area contributed by atoms with Crippen LogP contribution in [0.3, 0.4) is 0 Å². The minimum atomic E-state index is 0.0325. The minimum Gasteiger partial charge on any atom is -0.311 e. The molecule has 1 aromatic heterocycles. The highest BCUT2D eigenvalue weighted by molar-refractivity contribution is 5.89. The summed E-state index contributed by atoms with van der Waals surface area (Å²) < 4.78 is 1.85. The molecule has 4 nitrogen and oxygen atoms in total. The summed E-state index contributed by atoms with van der Waals surface area (Å²) in [6, 6.07) is 10.3. The molecule has 2 aromatic rings. The Labute approximate surface area is 132 Å². The molecule has 0 aliphatic carbocycles. The number of carbonyl (C=O) groups excluding carboxylic acids is 1. The van der Waals surface area contributed by atoms with E-state index >= 15 is 0 Å². The number of hydrogen-bond donors (Lipinski definition) is 1. The third kappa shape index (κ3) is 4.72. The van der Waals surface area contributed by atoms with Crippen molar-refractivity contribution in [3.8, 4) is 0 Å². The summed E-state index contributed by atoms with van der Waals surface area (Å²) in [5, 5.41) is 7.20. The summed E-state index contributed by atoms with van der Waals surface area (Å²) in [5.41, 5.74) is 2.52. The van der Waals surface area contributed by atoms with Gasteiger partial charge in [0.1, 0.15) is 5.82 Å². The van der Waals surface area contributed by atoms with Crippen molar-refractivity contribution in [3.05, 3.63) is 47.7 Å². The number of hydrogen-bond acceptors (Lipinski definition) is 2. The van der Waals surface area contributed by atoms with Crippen LogP contribution in [0.4, 0.5) is 5.82 Å². The number of benzene rings is 1. The highest BCUT2D eigenvalue weighted by atomic mass is 16.1. The molecule has 1 N–H and O–H groups in total. The molecule has 1 amide bonds. The van der Waals surface area contributed by atoms with Crippen molar-refractivity contribution in [2.75, 3.05) is 5.32 Å². The van der Waals surface area contributed by atoms with E-state index in [1.165, 1.54) is 11.1 Å². The van der Waals surface area contributed by atoms with E-state index in [2.05, 4.69) is 55.5 Å². The van der Waals surface area contributed by atoms with E-state index in [0.29, 0.717) is 12.3 Å². The number of aromatic nitrogens is 2. The highest BCUT2D eigenvalue weighted by Crippen LogP contribution is 2.11. The third-order valence-electron chi connectivity index (χ3n) is 3.59. The lowest BCUT2D eigenvalue weighted by Crippen LogP contribution is -2.17. The van der Waals surface area contributed by atoms with Crippen LogP contribution in [0.15, 0.2) is 36.5 Å². The SMILES string of the molecule is CCc1ccc(CCC(=O)Nc2ccnn2CC(C)C)cc1. The standard InChI is InChI=1S/C18H25N3O/c1-4-15-5-7-16(8-6-15)9-10-18(22)20-17-11-12-19-21(17)13-14(2)3/h5-8,11-12,14H,4,9-10,13H2,1-3H3,(H,20,22). The van der Waals surface area contributed by atoms with Crippen LogP contribution in [0.25, 0.3) is 0 Å². The lowest BCUT2D eigenvalue weighted by molar-refractivity contribution is -0.116. The van der Waals surface area contributed by atoms with Crippen molar-refractivity contribution in [3.63, 3.8) is 0 Å². The maximum atomic E-state index is 12.1. The molecular weight excluding hydrogens is 274 g/mol. The van der Waals surface area contributed by atoms with Gasteiger partial charge in [0.25, 0.3) is 0 Å². The van der Waals surface area contributed by atoms with Gasteiger partial charge in [-0.3, -0.25) is 4.79 Å². The number of rotatable bonds is 7. The predicted octanol–water partition coefficient (Wildman–Crippen LogP) is 3.67. The summed E-state index contributed by atoms with van der Waals surface area (Å²) in [6.45, 7) is 7.21. The van der Waals surface area contributed by atoms with Crippen LogP contribution in [0.5, 0.6) is 0 Å². The monoisotopic (exact) mass is 299 g/mol. The second-order valence-electron chi connectivity index (χ2n) is 6.01. The van der Waals surface area contributed by atoms with Gasteiger partial charge in [-0.1, -0.05) is 45.0 Å². The number of aryl methyl sites for hydroxylation is 2. The van der Waals surface area contributed by atoms with Crippen molar-refractivity contribution in [1.82, 2.24) is 9.78 Å². The van der Waals surface area contributed by atoms with Crippen molar-refractivity contribution in [2.24, 2.45) is 5.92 Å². The topological polar surface area (TPSA) is 46.9 Å². The summed E-state index contributed by atoms with van der Waals surface area (Å²) in [6.07, 6.45) is 4.01. The Morgan fingerprint density at radius 1 is 1.18 bits per heavy atom. The van der Waals surface area contributed by atoms with Crippen molar-refractivity contribution in [1.29, 1.82) is 0 Å². The fraction of sp³-hybridized carbons (Fsp3) is 0.444. The van der Waals surface area contributed by atoms with Gasteiger partial charge < -0.3 is 5.32 Å². The number of anilines is 1. The van der Waals surface area contributed by atoms with Gasteiger partial charge in [0, 0.05) is 19.0 Å². The molecule has 0 saturated heterocycles.